The zero-order chi connectivity index (χ0) is 15.5. The van der Waals surface area contributed by atoms with Gasteiger partial charge in [-0.3, -0.25) is 4.79 Å². The SMILES string of the molecule is N#CCCC(=O)c1ccc(-c2nc(Cl)nc3ccsc23)cc1. The van der Waals surface area contributed by atoms with Crippen LogP contribution in [0.3, 0.4) is 0 Å². The van der Waals surface area contributed by atoms with Gasteiger partial charge >= 0.3 is 0 Å². The number of rotatable bonds is 4. The zero-order valence-corrected chi connectivity index (χ0v) is 13.0. The van der Waals surface area contributed by atoms with Crippen molar-refractivity contribution in [2.75, 3.05) is 0 Å². The van der Waals surface area contributed by atoms with Crippen molar-refractivity contribution in [2.24, 2.45) is 0 Å². The third-order valence-corrected chi connectivity index (χ3v) is 4.30. The molecule has 0 aliphatic carbocycles. The minimum atomic E-state index is -0.0323. The highest BCUT2D eigenvalue weighted by atomic mass is 35.5. The summed E-state index contributed by atoms with van der Waals surface area (Å²) in [5.74, 6) is -0.0323. The highest BCUT2D eigenvalue weighted by Gasteiger charge is 2.11. The Morgan fingerprint density at radius 1 is 1.23 bits per heavy atom. The molecule has 3 rings (SSSR count). The number of fused-ring (bicyclic) bond motifs is 1. The molecule has 1 aromatic carbocycles. The van der Waals surface area contributed by atoms with Crippen LogP contribution < -0.4 is 0 Å². The number of carbonyl (C=O) groups is 1. The highest BCUT2D eigenvalue weighted by molar-refractivity contribution is 7.17. The highest BCUT2D eigenvalue weighted by Crippen LogP contribution is 2.31. The lowest BCUT2D eigenvalue weighted by molar-refractivity contribution is 0.0984. The van der Waals surface area contributed by atoms with Crippen molar-refractivity contribution in [3.05, 3.63) is 46.6 Å². The molecule has 0 aliphatic heterocycles. The largest absolute Gasteiger partial charge is 0.294 e. The molecule has 4 nitrogen and oxygen atoms in total. The standard InChI is InChI=1S/C16H10ClN3OS/c17-16-19-12-7-9-22-15(12)14(20-16)11-5-3-10(4-6-11)13(21)2-1-8-18/h3-7,9H,1-2H2. The van der Waals surface area contributed by atoms with Gasteiger partial charge in [-0.1, -0.05) is 24.3 Å². The van der Waals surface area contributed by atoms with Crippen molar-refractivity contribution >= 4 is 38.9 Å². The van der Waals surface area contributed by atoms with Crippen LogP contribution in [0.2, 0.25) is 5.28 Å². The third-order valence-electron chi connectivity index (χ3n) is 3.22. The van der Waals surface area contributed by atoms with Gasteiger partial charge < -0.3 is 0 Å². The molecule has 3 aromatic rings. The molecule has 0 spiro atoms. The van der Waals surface area contributed by atoms with E-state index in [0.717, 1.165) is 21.5 Å². The van der Waals surface area contributed by atoms with Crippen LogP contribution in [0.5, 0.6) is 0 Å². The van der Waals surface area contributed by atoms with Crippen molar-refractivity contribution in [2.45, 2.75) is 12.8 Å². The van der Waals surface area contributed by atoms with E-state index in [1.807, 2.05) is 29.6 Å². The summed E-state index contributed by atoms with van der Waals surface area (Å²) in [6, 6.07) is 11.1. The van der Waals surface area contributed by atoms with Crippen molar-refractivity contribution in [1.82, 2.24) is 9.97 Å². The summed E-state index contributed by atoms with van der Waals surface area (Å²) in [5, 5.41) is 10.7. The van der Waals surface area contributed by atoms with Gasteiger partial charge in [0, 0.05) is 24.0 Å². The first-order valence-corrected chi connectivity index (χ1v) is 7.86. The van der Waals surface area contributed by atoms with Gasteiger partial charge in [-0.05, 0) is 23.0 Å². The first-order valence-electron chi connectivity index (χ1n) is 6.60. The average molecular weight is 328 g/mol. The van der Waals surface area contributed by atoms with Crippen LogP contribution in [0.15, 0.2) is 35.7 Å². The van der Waals surface area contributed by atoms with Gasteiger partial charge in [0.2, 0.25) is 5.28 Å². The molecule has 0 saturated heterocycles. The summed E-state index contributed by atoms with van der Waals surface area (Å²) in [7, 11) is 0. The molecule has 22 heavy (non-hydrogen) atoms. The summed E-state index contributed by atoms with van der Waals surface area (Å²) >= 11 is 7.52. The molecular formula is C16H10ClN3OS. The van der Waals surface area contributed by atoms with Crippen LogP contribution >= 0.6 is 22.9 Å². The maximum atomic E-state index is 11.9. The molecule has 0 amide bonds. The Balaban J connectivity index is 1.97. The molecule has 0 aliphatic rings. The summed E-state index contributed by atoms with van der Waals surface area (Å²) in [6.07, 6.45) is 0.474. The van der Waals surface area contributed by atoms with E-state index in [-0.39, 0.29) is 23.9 Å². The maximum absolute atomic E-state index is 11.9. The summed E-state index contributed by atoms with van der Waals surface area (Å²) in [4.78, 5) is 20.4. The number of carbonyl (C=O) groups excluding carboxylic acids is 1. The van der Waals surface area contributed by atoms with E-state index >= 15 is 0 Å². The number of benzene rings is 1. The fourth-order valence-electron chi connectivity index (χ4n) is 2.16. The molecule has 0 atom stereocenters. The number of hydrogen-bond donors (Lipinski definition) is 0. The number of ketones is 1. The molecule has 0 unspecified atom stereocenters. The lowest BCUT2D eigenvalue weighted by Crippen LogP contribution is -1.98. The second-order valence-corrected chi connectivity index (χ2v) is 5.89. The van der Waals surface area contributed by atoms with E-state index < -0.39 is 0 Å². The second kappa shape index (κ2) is 6.22. The fraction of sp³-hybridized carbons (Fsp3) is 0.125. The maximum Gasteiger partial charge on any atom is 0.223 e. The van der Waals surface area contributed by atoms with Crippen LogP contribution in [0.4, 0.5) is 0 Å². The van der Waals surface area contributed by atoms with Crippen LogP contribution in [-0.4, -0.2) is 15.8 Å². The minimum absolute atomic E-state index is 0.0323. The zero-order valence-electron chi connectivity index (χ0n) is 11.4. The summed E-state index contributed by atoms with van der Waals surface area (Å²) < 4.78 is 0.966. The Morgan fingerprint density at radius 3 is 2.73 bits per heavy atom. The van der Waals surface area contributed by atoms with E-state index in [1.165, 1.54) is 0 Å². The average Bonchev–Trinajstić information content (AvgIpc) is 3.00. The topological polar surface area (TPSA) is 66.6 Å². The summed E-state index contributed by atoms with van der Waals surface area (Å²) in [6.45, 7) is 0. The van der Waals surface area contributed by atoms with Gasteiger partial charge in [0.25, 0.3) is 0 Å². The Bertz CT molecular complexity index is 881. The number of Topliss-reactive ketones (excluding diaryl/α,β-unsaturated/α-hetero) is 1. The predicted molar refractivity (Wildman–Crippen MR) is 87.0 cm³/mol. The van der Waals surface area contributed by atoms with Crippen LogP contribution in [0, 0.1) is 11.3 Å². The molecule has 0 radical (unpaired) electrons. The second-order valence-electron chi connectivity index (χ2n) is 4.63. The molecule has 2 aromatic heterocycles. The number of halogens is 1. The van der Waals surface area contributed by atoms with Gasteiger partial charge in [-0.15, -0.1) is 11.3 Å². The minimum Gasteiger partial charge on any atom is -0.294 e. The van der Waals surface area contributed by atoms with Crippen molar-refractivity contribution in [1.29, 1.82) is 5.26 Å². The molecular weight excluding hydrogens is 318 g/mol. The van der Waals surface area contributed by atoms with Crippen LogP contribution in [0.25, 0.3) is 21.5 Å². The fourth-order valence-corrected chi connectivity index (χ4v) is 3.18. The molecule has 0 saturated carbocycles. The van der Waals surface area contributed by atoms with Gasteiger partial charge in [0.1, 0.15) is 0 Å². The first kappa shape index (κ1) is 14.6. The van der Waals surface area contributed by atoms with Crippen LogP contribution in [-0.2, 0) is 0 Å². The quantitative estimate of drug-likeness (QED) is 0.522. The van der Waals surface area contributed by atoms with Gasteiger partial charge in [0.05, 0.1) is 22.0 Å². The lowest BCUT2D eigenvalue weighted by atomic mass is 10.0. The normalized spacial score (nSPS) is 10.5. The molecule has 0 bridgehead atoms. The molecule has 6 heteroatoms. The van der Waals surface area contributed by atoms with Gasteiger partial charge in [-0.2, -0.15) is 5.26 Å². The Morgan fingerprint density at radius 2 is 2.00 bits per heavy atom. The van der Waals surface area contributed by atoms with E-state index in [4.69, 9.17) is 16.9 Å². The summed E-state index contributed by atoms with van der Waals surface area (Å²) in [5.41, 5.74) is 3.06. The number of nitrogens with zero attached hydrogens (tertiary/aromatic N) is 3. The van der Waals surface area contributed by atoms with E-state index in [0.29, 0.717) is 5.56 Å². The van der Waals surface area contributed by atoms with Crippen molar-refractivity contribution in [3.8, 4) is 17.3 Å². The smallest absolute Gasteiger partial charge is 0.223 e. The lowest BCUT2D eigenvalue weighted by Gasteiger charge is -2.04. The number of hydrogen-bond acceptors (Lipinski definition) is 5. The Kier molecular flexibility index (Phi) is 4.14. The monoisotopic (exact) mass is 327 g/mol. The van der Waals surface area contributed by atoms with Gasteiger partial charge in [0.15, 0.2) is 5.78 Å². The van der Waals surface area contributed by atoms with Crippen molar-refractivity contribution in [3.63, 3.8) is 0 Å². The number of aromatic nitrogens is 2. The third kappa shape index (κ3) is 2.84. The number of nitriles is 1. The van der Waals surface area contributed by atoms with E-state index in [1.54, 1.807) is 23.5 Å². The first-order chi connectivity index (χ1) is 10.7. The van der Waals surface area contributed by atoms with Gasteiger partial charge in [-0.25, -0.2) is 9.97 Å². The molecule has 0 N–H and O–H groups in total. The van der Waals surface area contributed by atoms with E-state index in [2.05, 4.69) is 9.97 Å². The van der Waals surface area contributed by atoms with Crippen molar-refractivity contribution < 1.29 is 4.79 Å². The Labute approximate surface area is 136 Å². The Hall–Kier alpha value is -2.29. The van der Waals surface area contributed by atoms with E-state index in [9.17, 15) is 4.79 Å². The predicted octanol–water partition coefficient (Wildman–Crippen LogP) is 4.50. The molecule has 2 heterocycles. The number of thiophene rings is 1. The van der Waals surface area contributed by atoms with Crippen LogP contribution in [0.1, 0.15) is 23.2 Å². The molecule has 108 valence electrons. The molecule has 0 fully saturated rings.